The number of aryl methyl sites for hydroxylation is 2. The first-order chi connectivity index (χ1) is 12.9. The molecular formula is C20H19ClN2O4. The van der Waals surface area contributed by atoms with Gasteiger partial charge in [0.2, 0.25) is 0 Å². The molecule has 0 saturated carbocycles. The molecular weight excluding hydrogens is 368 g/mol. The Morgan fingerprint density at radius 3 is 2.59 bits per heavy atom. The summed E-state index contributed by atoms with van der Waals surface area (Å²) in [6, 6.07) is 10.5. The van der Waals surface area contributed by atoms with Crippen LogP contribution in [0.25, 0.3) is 10.9 Å². The van der Waals surface area contributed by atoms with Gasteiger partial charge in [0.1, 0.15) is 17.0 Å². The summed E-state index contributed by atoms with van der Waals surface area (Å²) in [6.07, 6.45) is 0. The highest BCUT2D eigenvalue weighted by molar-refractivity contribution is 6.34. The van der Waals surface area contributed by atoms with Crippen LogP contribution in [-0.2, 0) is 6.54 Å². The van der Waals surface area contributed by atoms with E-state index in [9.17, 15) is 14.7 Å². The molecule has 1 amide bonds. The molecule has 1 aromatic heterocycles. The summed E-state index contributed by atoms with van der Waals surface area (Å²) in [5, 5.41) is 13.1. The van der Waals surface area contributed by atoms with Gasteiger partial charge in [0.05, 0.1) is 17.8 Å². The molecule has 0 fully saturated rings. The quantitative estimate of drug-likeness (QED) is 0.672. The molecule has 0 aliphatic rings. The first-order valence-electron chi connectivity index (χ1n) is 8.39. The maximum atomic E-state index is 13.0. The zero-order valence-electron chi connectivity index (χ0n) is 15.2. The molecule has 6 nitrogen and oxygen atoms in total. The fourth-order valence-corrected chi connectivity index (χ4v) is 3.48. The molecule has 3 aromatic rings. The number of aromatic nitrogens is 1. The van der Waals surface area contributed by atoms with Crippen LogP contribution in [0.2, 0.25) is 5.02 Å². The minimum Gasteiger partial charge on any atom is -0.496 e. The highest BCUT2D eigenvalue weighted by Crippen LogP contribution is 2.32. The Labute approximate surface area is 161 Å². The molecule has 1 heterocycles. The van der Waals surface area contributed by atoms with Crippen LogP contribution in [0.3, 0.4) is 0 Å². The smallest absolute Gasteiger partial charge is 0.339 e. The predicted octanol–water partition coefficient (Wildman–Crippen LogP) is 4.58. The Hall–Kier alpha value is -2.99. The van der Waals surface area contributed by atoms with E-state index in [-0.39, 0.29) is 27.9 Å². The minimum atomic E-state index is -1.16. The van der Waals surface area contributed by atoms with Crippen molar-refractivity contribution in [3.05, 3.63) is 58.2 Å². The molecule has 0 atom stereocenters. The summed E-state index contributed by atoms with van der Waals surface area (Å²) in [5.74, 6) is -1.36. The molecule has 0 spiro atoms. The van der Waals surface area contributed by atoms with Gasteiger partial charge < -0.3 is 19.7 Å². The number of anilines is 1. The molecule has 27 heavy (non-hydrogen) atoms. The summed E-state index contributed by atoms with van der Waals surface area (Å²) in [7, 11) is 1.36. The van der Waals surface area contributed by atoms with Gasteiger partial charge in [0, 0.05) is 23.5 Å². The topological polar surface area (TPSA) is 80.6 Å². The van der Waals surface area contributed by atoms with Crippen LogP contribution >= 0.6 is 11.6 Å². The largest absolute Gasteiger partial charge is 0.496 e. The predicted molar refractivity (Wildman–Crippen MR) is 105 cm³/mol. The molecule has 0 radical (unpaired) electrons. The second kappa shape index (κ2) is 7.32. The Bertz CT molecular complexity index is 1060. The van der Waals surface area contributed by atoms with Gasteiger partial charge in [-0.15, -0.1) is 0 Å². The molecule has 0 bridgehead atoms. The number of nitrogens with one attached hydrogen (secondary N) is 1. The minimum absolute atomic E-state index is 0.0700. The number of fused-ring (bicyclic) bond motifs is 1. The Balaban J connectivity index is 2.05. The maximum Gasteiger partial charge on any atom is 0.339 e. The Kier molecular flexibility index (Phi) is 5.10. The average Bonchev–Trinajstić information content (AvgIpc) is 2.95. The standard InChI is InChI=1S/C20H19ClN2O4/c1-4-23-16-8-6-5-7-12(16)11(2)18(23)19(24)22-15-10-17(27-3)13(20(25)26)9-14(15)21/h5-10H,4H2,1-3H3,(H,22,24)(H,25,26). The maximum absolute atomic E-state index is 13.0. The number of rotatable bonds is 5. The molecule has 7 heteroatoms. The first-order valence-corrected chi connectivity index (χ1v) is 8.76. The second-order valence-electron chi connectivity index (χ2n) is 6.03. The van der Waals surface area contributed by atoms with Crippen molar-refractivity contribution in [1.82, 2.24) is 4.57 Å². The van der Waals surface area contributed by atoms with Crippen molar-refractivity contribution in [2.24, 2.45) is 0 Å². The van der Waals surface area contributed by atoms with Gasteiger partial charge in [-0.05, 0) is 31.5 Å². The number of amides is 1. The second-order valence-corrected chi connectivity index (χ2v) is 6.43. The number of hydrogen-bond acceptors (Lipinski definition) is 3. The Morgan fingerprint density at radius 2 is 1.96 bits per heavy atom. The van der Waals surface area contributed by atoms with Crippen molar-refractivity contribution in [3.63, 3.8) is 0 Å². The lowest BCUT2D eigenvalue weighted by Gasteiger charge is -2.13. The van der Waals surface area contributed by atoms with E-state index in [0.29, 0.717) is 12.2 Å². The zero-order chi connectivity index (χ0) is 19.7. The molecule has 0 saturated heterocycles. The number of carboxylic acids is 1. The lowest BCUT2D eigenvalue weighted by Crippen LogP contribution is -2.18. The van der Waals surface area contributed by atoms with Crippen molar-refractivity contribution in [2.45, 2.75) is 20.4 Å². The molecule has 140 valence electrons. The van der Waals surface area contributed by atoms with Crippen molar-refractivity contribution < 1.29 is 19.4 Å². The van der Waals surface area contributed by atoms with Crippen molar-refractivity contribution in [2.75, 3.05) is 12.4 Å². The van der Waals surface area contributed by atoms with Crippen LogP contribution in [0.15, 0.2) is 36.4 Å². The van der Waals surface area contributed by atoms with Crippen molar-refractivity contribution in [1.29, 1.82) is 0 Å². The third kappa shape index (κ3) is 3.24. The van der Waals surface area contributed by atoms with Crippen LogP contribution in [0, 0.1) is 6.92 Å². The fourth-order valence-electron chi connectivity index (χ4n) is 3.26. The van der Waals surface area contributed by atoms with Gasteiger partial charge >= 0.3 is 5.97 Å². The number of carboxylic acid groups (broad SMARTS) is 1. The normalized spacial score (nSPS) is 10.8. The molecule has 0 aliphatic carbocycles. The van der Waals surface area contributed by atoms with Gasteiger partial charge in [-0.25, -0.2) is 4.79 Å². The molecule has 2 N–H and O–H groups in total. The third-order valence-corrected chi connectivity index (χ3v) is 4.84. The third-order valence-electron chi connectivity index (χ3n) is 4.52. The number of ether oxygens (including phenoxy) is 1. The van der Waals surface area contributed by atoms with Crippen LogP contribution < -0.4 is 10.1 Å². The SMILES string of the molecule is CCn1c(C(=O)Nc2cc(OC)c(C(=O)O)cc2Cl)c(C)c2ccccc21. The number of nitrogens with zero attached hydrogens (tertiary/aromatic N) is 1. The number of para-hydroxylation sites is 1. The van der Waals surface area contributed by atoms with E-state index in [1.165, 1.54) is 19.2 Å². The van der Waals surface area contributed by atoms with Gasteiger partial charge in [-0.2, -0.15) is 0 Å². The zero-order valence-corrected chi connectivity index (χ0v) is 15.9. The highest BCUT2D eigenvalue weighted by atomic mass is 35.5. The highest BCUT2D eigenvalue weighted by Gasteiger charge is 2.21. The Morgan fingerprint density at radius 1 is 1.26 bits per heavy atom. The van der Waals surface area contributed by atoms with E-state index < -0.39 is 5.97 Å². The lowest BCUT2D eigenvalue weighted by molar-refractivity contribution is 0.0693. The van der Waals surface area contributed by atoms with Gasteiger partial charge in [0.25, 0.3) is 5.91 Å². The van der Waals surface area contributed by atoms with E-state index in [0.717, 1.165) is 16.5 Å². The summed E-state index contributed by atoms with van der Waals surface area (Å²) in [4.78, 5) is 24.3. The van der Waals surface area contributed by atoms with E-state index in [1.807, 2.05) is 42.7 Å². The number of carbonyl (C=O) groups is 2. The van der Waals surface area contributed by atoms with Crippen LogP contribution in [0.5, 0.6) is 5.75 Å². The van der Waals surface area contributed by atoms with Gasteiger partial charge in [0.15, 0.2) is 0 Å². The molecule has 3 rings (SSSR count). The summed E-state index contributed by atoms with van der Waals surface area (Å²) in [5.41, 5.74) is 2.61. The van der Waals surface area contributed by atoms with Gasteiger partial charge in [-0.3, -0.25) is 4.79 Å². The summed E-state index contributed by atoms with van der Waals surface area (Å²) >= 11 is 6.19. The number of carbonyl (C=O) groups excluding carboxylic acids is 1. The average molecular weight is 387 g/mol. The van der Waals surface area contributed by atoms with E-state index in [2.05, 4.69) is 5.32 Å². The molecule has 0 aliphatic heterocycles. The lowest BCUT2D eigenvalue weighted by atomic mass is 10.1. The number of benzene rings is 2. The number of hydrogen-bond donors (Lipinski definition) is 2. The fraction of sp³-hybridized carbons (Fsp3) is 0.200. The molecule has 0 unspecified atom stereocenters. The number of aromatic carboxylic acids is 1. The monoisotopic (exact) mass is 386 g/mol. The summed E-state index contributed by atoms with van der Waals surface area (Å²) < 4.78 is 7.05. The van der Waals surface area contributed by atoms with Crippen molar-refractivity contribution in [3.8, 4) is 5.75 Å². The molecule has 2 aromatic carbocycles. The van der Waals surface area contributed by atoms with Crippen LogP contribution in [0.4, 0.5) is 5.69 Å². The first kappa shape index (κ1) is 18.8. The van der Waals surface area contributed by atoms with Gasteiger partial charge in [-0.1, -0.05) is 29.8 Å². The van der Waals surface area contributed by atoms with E-state index in [1.54, 1.807) is 0 Å². The van der Waals surface area contributed by atoms with Crippen LogP contribution in [-0.4, -0.2) is 28.7 Å². The summed E-state index contributed by atoms with van der Waals surface area (Å²) in [6.45, 7) is 4.51. The van der Waals surface area contributed by atoms with E-state index >= 15 is 0 Å². The van der Waals surface area contributed by atoms with Crippen molar-refractivity contribution >= 4 is 40.1 Å². The number of methoxy groups -OCH3 is 1. The van der Waals surface area contributed by atoms with Crippen LogP contribution in [0.1, 0.15) is 33.3 Å². The number of halogens is 1. The van der Waals surface area contributed by atoms with E-state index in [4.69, 9.17) is 16.3 Å².